The van der Waals surface area contributed by atoms with E-state index in [2.05, 4.69) is 0 Å². The summed E-state index contributed by atoms with van der Waals surface area (Å²) >= 11 is 0. The van der Waals surface area contributed by atoms with Gasteiger partial charge in [-0.3, -0.25) is 19.0 Å². The maximum atomic E-state index is 14.9. The fourth-order valence-electron chi connectivity index (χ4n) is 2.10. The van der Waals surface area contributed by atoms with Gasteiger partial charge in [-0.15, -0.1) is 0 Å². The Bertz CT molecular complexity index is 455. The second-order valence-electron chi connectivity index (χ2n) is 4.81. The van der Waals surface area contributed by atoms with E-state index in [0.29, 0.717) is 0 Å². The Morgan fingerprint density at radius 3 is 2.57 bits per heavy atom. The van der Waals surface area contributed by atoms with Gasteiger partial charge >= 0.3 is 8.69 Å². The highest BCUT2D eigenvalue weighted by Gasteiger charge is 2.58. The first-order valence-electron chi connectivity index (χ1n) is 6.17. The highest BCUT2D eigenvalue weighted by Crippen LogP contribution is 2.39. The molecule has 1 rings (SSSR count). The number of halogens is 1. The number of hydrogen-bond donors (Lipinski definition) is 1. The molecule has 0 unspecified atom stereocenters. The molecule has 21 heavy (non-hydrogen) atoms. The van der Waals surface area contributed by atoms with Gasteiger partial charge in [-0.2, -0.15) is 0 Å². The Balaban J connectivity index is 3.11. The smallest absolute Gasteiger partial charge is 0.327 e. The fourth-order valence-corrected chi connectivity index (χ4v) is 2.54. The first-order chi connectivity index (χ1) is 9.75. The van der Waals surface area contributed by atoms with Crippen molar-refractivity contribution in [2.75, 3.05) is 6.61 Å². The van der Waals surface area contributed by atoms with Gasteiger partial charge in [-0.05, 0) is 19.9 Å². The molecule has 9 heteroatoms. The van der Waals surface area contributed by atoms with Crippen molar-refractivity contribution < 1.29 is 32.9 Å². The van der Waals surface area contributed by atoms with Gasteiger partial charge < -0.3 is 9.84 Å². The molecule has 1 fully saturated rings. The van der Waals surface area contributed by atoms with Crippen LogP contribution in [0, 0.1) is 0 Å². The molecule has 0 bridgehead atoms. The van der Waals surface area contributed by atoms with E-state index in [0.717, 1.165) is 24.1 Å². The summed E-state index contributed by atoms with van der Waals surface area (Å²) in [6.07, 6.45) is -1.61. The Hall–Kier alpha value is -1.21. The number of ether oxygens (including phenoxy) is 1. The zero-order valence-corrected chi connectivity index (χ0v) is 12.7. The lowest BCUT2D eigenvalue weighted by atomic mass is 9.98. The number of aliphatic hydroxyl groups is 1. The minimum Gasteiger partial charge on any atom is -0.394 e. The molecule has 0 aromatic carbocycles. The number of aliphatic hydroxyl groups excluding tert-OH is 1. The van der Waals surface area contributed by atoms with E-state index in [4.69, 9.17) is 9.26 Å². The van der Waals surface area contributed by atoms with Crippen LogP contribution in [0.2, 0.25) is 0 Å². The van der Waals surface area contributed by atoms with Gasteiger partial charge in [0.2, 0.25) is 5.91 Å². The number of rotatable bonds is 6. The monoisotopic (exact) mass is 321 g/mol. The van der Waals surface area contributed by atoms with E-state index in [-0.39, 0.29) is 5.78 Å². The van der Waals surface area contributed by atoms with Gasteiger partial charge in [0.1, 0.15) is 12.2 Å². The SMILES string of the molecule is CC(=O)/C=C\N(C(C)=O)[C@@H]1O[C@H](CO)[C@@H](OP=O)[C@@]1(C)F. The van der Waals surface area contributed by atoms with Gasteiger partial charge in [0, 0.05) is 13.1 Å². The fraction of sp³-hybridized carbons (Fsp3) is 0.667. The lowest BCUT2D eigenvalue weighted by Crippen LogP contribution is -2.50. The summed E-state index contributed by atoms with van der Waals surface area (Å²) in [5, 5.41) is 9.20. The van der Waals surface area contributed by atoms with Crippen LogP contribution < -0.4 is 0 Å². The van der Waals surface area contributed by atoms with Gasteiger partial charge in [0.25, 0.3) is 0 Å². The van der Waals surface area contributed by atoms with Crippen LogP contribution in [0.15, 0.2) is 12.3 Å². The predicted molar refractivity (Wildman–Crippen MR) is 70.1 cm³/mol. The summed E-state index contributed by atoms with van der Waals surface area (Å²) in [5.74, 6) is -0.886. The van der Waals surface area contributed by atoms with E-state index < -0.39 is 45.3 Å². The molecule has 1 saturated heterocycles. The van der Waals surface area contributed by atoms with E-state index in [1.165, 1.54) is 13.8 Å². The lowest BCUT2D eigenvalue weighted by Gasteiger charge is -2.31. The third-order valence-corrected chi connectivity index (χ3v) is 3.42. The van der Waals surface area contributed by atoms with Gasteiger partial charge in [0.15, 0.2) is 17.7 Å². The summed E-state index contributed by atoms with van der Waals surface area (Å²) in [7, 11) is -0.765. The number of carbonyl (C=O) groups is 2. The molecule has 1 heterocycles. The van der Waals surface area contributed by atoms with Crippen LogP contribution in [0.5, 0.6) is 0 Å². The molecule has 1 amide bonds. The van der Waals surface area contributed by atoms with Crippen LogP contribution in [0.3, 0.4) is 0 Å². The number of carbonyl (C=O) groups excluding carboxylic acids is 2. The first kappa shape index (κ1) is 17.8. The lowest BCUT2D eigenvalue weighted by molar-refractivity contribution is -0.146. The molecule has 1 aliphatic rings. The zero-order valence-electron chi connectivity index (χ0n) is 11.9. The van der Waals surface area contributed by atoms with Crippen LogP contribution in [-0.2, 0) is 23.4 Å². The van der Waals surface area contributed by atoms with Crippen molar-refractivity contribution in [2.24, 2.45) is 0 Å². The van der Waals surface area contributed by atoms with E-state index in [1.54, 1.807) is 0 Å². The molecule has 0 saturated carbocycles. The van der Waals surface area contributed by atoms with E-state index >= 15 is 0 Å². The molecule has 0 aromatic rings. The molecule has 1 N–H and O–H groups in total. The molecule has 0 spiro atoms. The normalized spacial score (nSPS) is 32.7. The minimum atomic E-state index is -2.22. The summed E-state index contributed by atoms with van der Waals surface area (Å²) < 4.78 is 35.5. The third kappa shape index (κ3) is 3.91. The van der Waals surface area contributed by atoms with Crippen LogP contribution in [0.4, 0.5) is 4.39 Å². The number of alkyl halides is 1. The molecular weight excluding hydrogens is 304 g/mol. The van der Waals surface area contributed by atoms with E-state index in [1.807, 2.05) is 0 Å². The second kappa shape index (κ2) is 7.17. The molecule has 118 valence electrons. The average molecular weight is 321 g/mol. The predicted octanol–water partition coefficient (Wildman–Crippen LogP) is 0.975. The highest BCUT2D eigenvalue weighted by molar-refractivity contribution is 7.17. The molecule has 4 atom stereocenters. The van der Waals surface area contributed by atoms with E-state index in [9.17, 15) is 23.7 Å². The van der Waals surface area contributed by atoms with Crippen LogP contribution in [0.25, 0.3) is 0 Å². The Kier molecular flexibility index (Phi) is 6.10. The Morgan fingerprint density at radius 1 is 1.52 bits per heavy atom. The maximum absolute atomic E-state index is 14.9. The Morgan fingerprint density at radius 2 is 2.14 bits per heavy atom. The minimum absolute atomic E-state index is 0.329. The van der Waals surface area contributed by atoms with Gasteiger partial charge in [-0.25, -0.2) is 8.96 Å². The van der Waals surface area contributed by atoms with Crippen molar-refractivity contribution >= 4 is 20.4 Å². The largest absolute Gasteiger partial charge is 0.394 e. The molecule has 0 aliphatic carbocycles. The summed E-state index contributed by atoms with van der Waals surface area (Å²) in [5.41, 5.74) is -2.22. The molecule has 0 aromatic heterocycles. The molecule has 0 radical (unpaired) electrons. The summed E-state index contributed by atoms with van der Waals surface area (Å²) in [6, 6.07) is 0. The molecule has 7 nitrogen and oxygen atoms in total. The number of allylic oxidation sites excluding steroid dienone is 1. The van der Waals surface area contributed by atoms with Crippen molar-refractivity contribution in [2.45, 2.75) is 44.9 Å². The average Bonchev–Trinajstić information content (AvgIpc) is 2.62. The van der Waals surface area contributed by atoms with Crippen LogP contribution in [0.1, 0.15) is 20.8 Å². The quantitative estimate of drug-likeness (QED) is 0.579. The third-order valence-electron chi connectivity index (χ3n) is 3.10. The molecule has 1 aliphatic heterocycles. The van der Waals surface area contributed by atoms with Crippen molar-refractivity contribution in [1.29, 1.82) is 0 Å². The highest BCUT2D eigenvalue weighted by atomic mass is 31.1. The number of hydrogen-bond acceptors (Lipinski definition) is 6. The van der Waals surface area contributed by atoms with Crippen molar-refractivity contribution in [1.82, 2.24) is 4.90 Å². The first-order valence-corrected chi connectivity index (χ1v) is 6.90. The maximum Gasteiger partial charge on any atom is 0.327 e. The topological polar surface area (TPSA) is 93.1 Å². The second-order valence-corrected chi connectivity index (χ2v) is 5.17. The summed E-state index contributed by atoms with van der Waals surface area (Å²) in [6.45, 7) is 2.99. The Labute approximate surface area is 123 Å². The number of ketones is 1. The van der Waals surface area contributed by atoms with Gasteiger partial charge in [0.05, 0.1) is 6.61 Å². The van der Waals surface area contributed by atoms with Crippen molar-refractivity contribution in [3.63, 3.8) is 0 Å². The van der Waals surface area contributed by atoms with Crippen LogP contribution in [-0.4, -0.2) is 52.4 Å². The zero-order chi connectivity index (χ0) is 16.2. The standard InChI is InChI=1S/C12H17FNO6P/c1-7(16)4-5-14(8(2)17)11-12(3,13)10(20-21-18)9(6-15)19-11/h4-5,9-11,15H,6H2,1-3H3/b5-4-/t9-,10-,11-,12-/m1/s1. The number of nitrogens with zero attached hydrogens (tertiary/aromatic N) is 1. The van der Waals surface area contributed by atoms with Crippen LogP contribution >= 0.6 is 8.69 Å². The molecular formula is C12H17FNO6P. The van der Waals surface area contributed by atoms with Crippen molar-refractivity contribution in [3.8, 4) is 0 Å². The van der Waals surface area contributed by atoms with Crippen molar-refractivity contribution in [3.05, 3.63) is 12.3 Å². The van der Waals surface area contributed by atoms with Gasteiger partial charge in [-0.1, -0.05) is 0 Å². The number of amides is 1. The summed E-state index contributed by atoms with van der Waals surface area (Å²) in [4.78, 5) is 23.5.